The highest BCUT2D eigenvalue weighted by Crippen LogP contribution is 2.34. The molecule has 0 radical (unpaired) electrons. The molecule has 1 nitrogen and oxygen atoms in total. The summed E-state index contributed by atoms with van der Waals surface area (Å²) in [6, 6.07) is 4.31. The predicted octanol–water partition coefficient (Wildman–Crippen LogP) is 3.51. The molecule has 2 N–H and O–H groups in total. The number of fused-ring (bicyclic) bond motifs is 1. The van der Waals surface area contributed by atoms with Crippen LogP contribution in [-0.2, 0) is 0 Å². The van der Waals surface area contributed by atoms with Gasteiger partial charge in [-0.1, -0.05) is 0 Å². The lowest BCUT2D eigenvalue weighted by molar-refractivity contribution is 1.43. The second kappa shape index (κ2) is 3.24. The molecule has 0 spiro atoms. The summed E-state index contributed by atoms with van der Waals surface area (Å²) >= 11 is 3.48. The first-order chi connectivity index (χ1) is 6.24. The zero-order valence-electron chi connectivity index (χ0n) is 7.63. The van der Waals surface area contributed by atoms with Crippen molar-refractivity contribution in [2.75, 3.05) is 12.0 Å². The van der Waals surface area contributed by atoms with Crippen molar-refractivity contribution in [3.63, 3.8) is 0 Å². The van der Waals surface area contributed by atoms with Crippen LogP contribution in [0.15, 0.2) is 22.4 Å². The summed E-state index contributed by atoms with van der Waals surface area (Å²) in [5.74, 6) is 0. The molecule has 0 saturated carbocycles. The quantitative estimate of drug-likeness (QED) is 0.574. The monoisotopic (exact) mass is 209 g/mol. The summed E-state index contributed by atoms with van der Waals surface area (Å²) in [5, 5.41) is 3.40. The molecule has 0 saturated heterocycles. The van der Waals surface area contributed by atoms with Crippen molar-refractivity contribution in [1.29, 1.82) is 0 Å². The number of rotatable bonds is 1. The van der Waals surface area contributed by atoms with E-state index in [-0.39, 0.29) is 0 Å². The van der Waals surface area contributed by atoms with Crippen LogP contribution < -0.4 is 5.73 Å². The largest absolute Gasteiger partial charge is 0.398 e. The molecular formula is C10H11NS2. The average molecular weight is 209 g/mol. The predicted molar refractivity (Wildman–Crippen MR) is 62.8 cm³/mol. The van der Waals surface area contributed by atoms with Crippen LogP contribution in [0, 0.1) is 6.92 Å². The number of nitrogen functional groups attached to an aromatic ring is 1. The van der Waals surface area contributed by atoms with Gasteiger partial charge < -0.3 is 5.73 Å². The van der Waals surface area contributed by atoms with Gasteiger partial charge in [0.1, 0.15) is 0 Å². The second-order valence-corrected chi connectivity index (χ2v) is 4.75. The van der Waals surface area contributed by atoms with Crippen LogP contribution in [0.25, 0.3) is 10.1 Å². The highest BCUT2D eigenvalue weighted by Gasteiger charge is 2.06. The molecule has 2 rings (SSSR count). The molecule has 0 amide bonds. The molecule has 13 heavy (non-hydrogen) atoms. The maximum Gasteiger partial charge on any atom is 0.0488 e. The van der Waals surface area contributed by atoms with Gasteiger partial charge in [0.2, 0.25) is 0 Å². The van der Waals surface area contributed by atoms with Gasteiger partial charge in [-0.2, -0.15) is 0 Å². The molecule has 68 valence electrons. The van der Waals surface area contributed by atoms with Crippen molar-refractivity contribution in [1.82, 2.24) is 0 Å². The molecule has 0 fully saturated rings. The molecule has 1 aromatic carbocycles. The number of benzene rings is 1. The minimum Gasteiger partial charge on any atom is -0.398 e. The van der Waals surface area contributed by atoms with Gasteiger partial charge in [0.15, 0.2) is 0 Å². The summed E-state index contributed by atoms with van der Waals surface area (Å²) in [6.07, 6.45) is 2.06. The number of thioether (sulfide) groups is 1. The third kappa shape index (κ3) is 1.32. The first-order valence-corrected chi connectivity index (χ1v) is 6.14. The Morgan fingerprint density at radius 1 is 1.46 bits per heavy atom. The highest BCUT2D eigenvalue weighted by atomic mass is 32.2. The molecule has 1 aromatic heterocycles. The first kappa shape index (κ1) is 8.91. The zero-order valence-corrected chi connectivity index (χ0v) is 9.26. The van der Waals surface area contributed by atoms with Gasteiger partial charge in [0.25, 0.3) is 0 Å². The summed E-state index contributed by atoms with van der Waals surface area (Å²) in [7, 11) is 0. The molecule has 0 aliphatic carbocycles. The minimum atomic E-state index is 0.929. The molecule has 0 atom stereocenters. The SMILES string of the molecule is CSc1cc2sccc2c(C)c1N. The Hall–Kier alpha value is -0.670. The van der Waals surface area contributed by atoms with E-state index in [4.69, 9.17) is 5.73 Å². The smallest absolute Gasteiger partial charge is 0.0488 e. The maximum absolute atomic E-state index is 6.00. The van der Waals surface area contributed by atoms with Crippen LogP contribution in [0.5, 0.6) is 0 Å². The summed E-state index contributed by atoms with van der Waals surface area (Å²) < 4.78 is 1.33. The Balaban J connectivity index is 2.83. The number of hydrogen-bond acceptors (Lipinski definition) is 3. The van der Waals surface area contributed by atoms with Gasteiger partial charge in [-0.3, -0.25) is 0 Å². The molecular weight excluding hydrogens is 198 g/mol. The van der Waals surface area contributed by atoms with Gasteiger partial charge in [-0.05, 0) is 41.6 Å². The molecule has 0 aliphatic rings. The molecule has 2 aromatic rings. The normalized spacial score (nSPS) is 10.9. The molecule has 0 aliphatic heterocycles. The fourth-order valence-corrected chi connectivity index (χ4v) is 3.01. The summed E-state index contributed by atoms with van der Waals surface area (Å²) in [4.78, 5) is 1.19. The summed E-state index contributed by atoms with van der Waals surface area (Å²) in [6.45, 7) is 2.09. The molecule has 1 heterocycles. The van der Waals surface area contributed by atoms with E-state index < -0.39 is 0 Å². The minimum absolute atomic E-state index is 0.929. The van der Waals surface area contributed by atoms with Gasteiger partial charge >= 0.3 is 0 Å². The lowest BCUT2D eigenvalue weighted by Crippen LogP contribution is -1.92. The van der Waals surface area contributed by atoms with E-state index in [1.54, 1.807) is 23.1 Å². The Morgan fingerprint density at radius 2 is 2.23 bits per heavy atom. The van der Waals surface area contributed by atoms with Crippen LogP contribution in [0.1, 0.15) is 5.56 Å². The van der Waals surface area contributed by atoms with E-state index in [2.05, 4.69) is 30.7 Å². The standard InChI is InChI=1S/C10H11NS2/c1-6-7-3-4-13-8(7)5-9(12-2)10(6)11/h3-5H,11H2,1-2H3. The summed E-state index contributed by atoms with van der Waals surface area (Å²) in [5.41, 5.74) is 8.14. The van der Waals surface area contributed by atoms with Crippen LogP contribution in [-0.4, -0.2) is 6.26 Å². The highest BCUT2D eigenvalue weighted by molar-refractivity contribution is 7.98. The number of anilines is 1. The topological polar surface area (TPSA) is 26.0 Å². The van der Waals surface area contributed by atoms with Crippen molar-refractivity contribution < 1.29 is 0 Å². The fourth-order valence-electron chi connectivity index (χ4n) is 1.44. The Morgan fingerprint density at radius 3 is 2.92 bits per heavy atom. The Kier molecular flexibility index (Phi) is 2.22. The number of thiophene rings is 1. The number of nitrogens with two attached hydrogens (primary N) is 1. The zero-order chi connectivity index (χ0) is 9.42. The number of aryl methyl sites for hydroxylation is 1. The molecule has 0 unspecified atom stereocenters. The third-order valence-corrected chi connectivity index (χ3v) is 3.89. The average Bonchev–Trinajstić information content (AvgIpc) is 2.59. The van der Waals surface area contributed by atoms with Crippen molar-refractivity contribution in [2.24, 2.45) is 0 Å². The third-order valence-electron chi connectivity index (χ3n) is 2.25. The van der Waals surface area contributed by atoms with Crippen molar-refractivity contribution >= 4 is 38.9 Å². The van der Waals surface area contributed by atoms with Gasteiger partial charge in [-0.25, -0.2) is 0 Å². The van der Waals surface area contributed by atoms with E-state index in [0.717, 1.165) is 5.69 Å². The maximum atomic E-state index is 6.00. The fraction of sp³-hybridized carbons (Fsp3) is 0.200. The van der Waals surface area contributed by atoms with E-state index in [1.165, 1.54) is 20.5 Å². The first-order valence-electron chi connectivity index (χ1n) is 4.04. The van der Waals surface area contributed by atoms with Gasteiger partial charge in [0.05, 0.1) is 0 Å². The number of hydrogen-bond donors (Lipinski definition) is 1. The van der Waals surface area contributed by atoms with E-state index in [1.807, 2.05) is 0 Å². The Bertz CT molecular complexity index is 445. The van der Waals surface area contributed by atoms with Crippen molar-refractivity contribution in [3.8, 4) is 0 Å². The van der Waals surface area contributed by atoms with E-state index >= 15 is 0 Å². The van der Waals surface area contributed by atoms with Crippen LogP contribution >= 0.6 is 23.1 Å². The van der Waals surface area contributed by atoms with E-state index in [0.29, 0.717) is 0 Å². The van der Waals surface area contributed by atoms with Crippen molar-refractivity contribution in [2.45, 2.75) is 11.8 Å². The van der Waals surface area contributed by atoms with Crippen molar-refractivity contribution in [3.05, 3.63) is 23.1 Å². The second-order valence-electron chi connectivity index (χ2n) is 2.95. The lowest BCUT2D eigenvalue weighted by atomic mass is 10.1. The van der Waals surface area contributed by atoms with E-state index in [9.17, 15) is 0 Å². The molecule has 0 bridgehead atoms. The van der Waals surface area contributed by atoms with Crippen LogP contribution in [0.2, 0.25) is 0 Å². The van der Waals surface area contributed by atoms with Crippen LogP contribution in [0.3, 0.4) is 0 Å². The Labute approximate surface area is 85.9 Å². The van der Waals surface area contributed by atoms with Crippen LogP contribution in [0.4, 0.5) is 5.69 Å². The van der Waals surface area contributed by atoms with Gasteiger partial charge in [-0.15, -0.1) is 23.1 Å². The molecule has 3 heteroatoms. The lowest BCUT2D eigenvalue weighted by Gasteiger charge is -2.06. The van der Waals surface area contributed by atoms with Gasteiger partial charge in [0, 0.05) is 15.3 Å².